The van der Waals surface area contributed by atoms with Crippen LogP contribution in [0.1, 0.15) is 13.3 Å². The van der Waals surface area contributed by atoms with Gasteiger partial charge in [0.05, 0.1) is 5.02 Å². The molecule has 0 radical (unpaired) electrons. The number of carbonyl (C=O) groups excluding carboxylic acids is 1. The molecule has 3 N–H and O–H groups in total. The zero-order chi connectivity index (χ0) is 14.9. The Labute approximate surface area is 122 Å². The average Bonchev–Trinajstić information content (AvgIpc) is 2.80. The molecule has 1 amide bonds. The van der Waals surface area contributed by atoms with Crippen LogP contribution in [0.2, 0.25) is 5.02 Å². The topological polar surface area (TPSA) is 92.5 Å². The minimum absolute atomic E-state index is 0.00245. The molecule has 1 atom stereocenters. The third-order valence-corrected chi connectivity index (χ3v) is 5.48. The second-order valence-electron chi connectivity index (χ2n) is 4.74. The lowest BCUT2D eigenvalue weighted by Gasteiger charge is -2.18. The third-order valence-electron chi connectivity index (χ3n) is 3.13. The molecule has 20 heavy (non-hydrogen) atoms. The Balaban J connectivity index is 2.24. The van der Waals surface area contributed by atoms with Crippen molar-refractivity contribution in [3.8, 4) is 0 Å². The van der Waals surface area contributed by atoms with Crippen LogP contribution in [-0.2, 0) is 14.8 Å². The van der Waals surface area contributed by atoms with Gasteiger partial charge in [-0.1, -0.05) is 11.6 Å². The molecule has 2 rings (SSSR count). The highest BCUT2D eigenvalue weighted by Gasteiger charge is 2.34. The minimum atomic E-state index is -3.69. The summed E-state index contributed by atoms with van der Waals surface area (Å²) in [5.74, 6) is -0.170. The first-order chi connectivity index (χ1) is 9.30. The number of nitrogen functional groups attached to an aromatic ring is 1. The highest BCUT2D eigenvalue weighted by atomic mass is 35.5. The van der Waals surface area contributed by atoms with Gasteiger partial charge in [-0.05, 0) is 24.6 Å². The van der Waals surface area contributed by atoms with Crippen LogP contribution in [0, 0.1) is 0 Å². The molecule has 0 spiro atoms. The molecule has 1 fully saturated rings. The molecule has 6 nitrogen and oxygen atoms in total. The summed E-state index contributed by atoms with van der Waals surface area (Å²) in [5.41, 5.74) is 5.96. The van der Waals surface area contributed by atoms with E-state index in [1.807, 2.05) is 0 Å². The van der Waals surface area contributed by atoms with E-state index in [2.05, 4.69) is 5.32 Å². The van der Waals surface area contributed by atoms with Gasteiger partial charge in [0, 0.05) is 31.7 Å². The maximum absolute atomic E-state index is 12.5. The van der Waals surface area contributed by atoms with Crippen molar-refractivity contribution in [3.05, 3.63) is 23.2 Å². The van der Waals surface area contributed by atoms with E-state index in [0.29, 0.717) is 18.7 Å². The van der Waals surface area contributed by atoms with Gasteiger partial charge in [-0.15, -0.1) is 0 Å². The van der Waals surface area contributed by atoms with Crippen LogP contribution in [0.25, 0.3) is 0 Å². The fraction of sp³-hybridized carbons (Fsp3) is 0.417. The summed E-state index contributed by atoms with van der Waals surface area (Å²) in [6.45, 7) is 2.00. The number of anilines is 1. The summed E-state index contributed by atoms with van der Waals surface area (Å²) in [6, 6.07) is 4.20. The van der Waals surface area contributed by atoms with Crippen molar-refractivity contribution >= 4 is 33.2 Å². The Bertz CT molecular complexity index is 633. The van der Waals surface area contributed by atoms with E-state index in [0.717, 1.165) is 0 Å². The van der Waals surface area contributed by atoms with Crippen molar-refractivity contribution in [1.29, 1.82) is 0 Å². The number of rotatable bonds is 3. The van der Waals surface area contributed by atoms with Crippen molar-refractivity contribution in [3.63, 3.8) is 0 Å². The van der Waals surface area contributed by atoms with Crippen molar-refractivity contribution in [2.24, 2.45) is 0 Å². The smallest absolute Gasteiger partial charge is 0.244 e. The van der Waals surface area contributed by atoms with Crippen LogP contribution in [0.3, 0.4) is 0 Å². The molecule has 1 aromatic rings. The van der Waals surface area contributed by atoms with Crippen LogP contribution >= 0.6 is 11.6 Å². The van der Waals surface area contributed by atoms with Crippen LogP contribution in [-0.4, -0.2) is 37.8 Å². The number of amides is 1. The van der Waals surface area contributed by atoms with Gasteiger partial charge in [-0.2, -0.15) is 4.31 Å². The fourth-order valence-electron chi connectivity index (χ4n) is 2.21. The monoisotopic (exact) mass is 317 g/mol. The first kappa shape index (κ1) is 15.1. The quantitative estimate of drug-likeness (QED) is 0.807. The fourth-order valence-corrected chi connectivity index (χ4v) is 4.22. The standard InChI is InChI=1S/C12H16ClN3O3S/c1-8(17)15-10-4-5-16(7-10)20(18,19)12-6-9(14)2-3-11(12)13/h2-3,6,10H,4-5,7,14H2,1H3,(H,15,17). The molecule has 1 unspecified atom stereocenters. The number of sulfonamides is 1. The molecule has 1 aliphatic rings. The summed E-state index contributed by atoms with van der Waals surface area (Å²) >= 11 is 5.95. The Kier molecular flexibility index (Phi) is 4.22. The van der Waals surface area contributed by atoms with Gasteiger partial charge in [0.1, 0.15) is 4.90 Å². The Morgan fingerprint density at radius 1 is 1.50 bits per heavy atom. The molecule has 110 valence electrons. The van der Waals surface area contributed by atoms with Gasteiger partial charge in [-0.25, -0.2) is 8.42 Å². The van der Waals surface area contributed by atoms with Gasteiger partial charge < -0.3 is 11.1 Å². The van der Waals surface area contributed by atoms with E-state index < -0.39 is 10.0 Å². The largest absolute Gasteiger partial charge is 0.399 e. The Hall–Kier alpha value is -1.31. The van der Waals surface area contributed by atoms with Gasteiger partial charge in [0.15, 0.2) is 0 Å². The number of benzene rings is 1. The molecular formula is C12H16ClN3O3S. The van der Waals surface area contributed by atoms with E-state index in [1.54, 1.807) is 6.07 Å². The normalized spacial score (nSPS) is 20.0. The summed E-state index contributed by atoms with van der Waals surface area (Å²) in [4.78, 5) is 11.0. The summed E-state index contributed by atoms with van der Waals surface area (Å²) < 4.78 is 26.3. The van der Waals surface area contributed by atoms with Crippen molar-refractivity contribution in [2.75, 3.05) is 18.8 Å². The maximum atomic E-state index is 12.5. The molecule has 1 aromatic carbocycles. The number of halogens is 1. The second-order valence-corrected chi connectivity index (χ2v) is 7.05. The molecule has 0 bridgehead atoms. The van der Waals surface area contributed by atoms with Crippen LogP contribution in [0.5, 0.6) is 0 Å². The lowest BCUT2D eigenvalue weighted by molar-refractivity contribution is -0.119. The lowest BCUT2D eigenvalue weighted by atomic mass is 10.3. The highest BCUT2D eigenvalue weighted by molar-refractivity contribution is 7.89. The first-order valence-electron chi connectivity index (χ1n) is 6.13. The molecule has 8 heteroatoms. The molecule has 0 saturated carbocycles. The SMILES string of the molecule is CC(=O)NC1CCN(S(=O)(=O)c2cc(N)ccc2Cl)C1. The number of nitrogens with two attached hydrogens (primary N) is 1. The minimum Gasteiger partial charge on any atom is -0.399 e. The van der Waals surface area contributed by atoms with E-state index >= 15 is 0 Å². The van der Waals surface area contributed by atoms with E-state index in [4.69, 9.17) is 17.3 Å². The van der Waals surface area contributed by atoms with Crippen LogP contribution in [0.4, 0.5) is 5.69 Å². The van der Waals surface area contributed by atoms with E-state index in [-0.39, 0.29) is 28.4 Å². The predicted molar refractivity (Wildman–Crippen MR) is 76.8 cm³/mol. The van der Waals surface area contributed by atoms with E-state index in [9.17, 15) is 13.2 Å². The Morgan fingerprint density at radius 3 is 2.85 bits per heavy atom. The zero-order valence-corrected chi connectivity index (χ0v) is 12.5. The summed E-state index contributed by atoms with van der Waals surface area (Å²) in [5, 5.41) is 2.86. The molecule has 0 aromatic heterocycles. The first-order valence-corrected chi connectivity index (χ1v) is 7.95. The van der Waals surface area contributed by atoms with Gasteiger partial charge in [0.25, 0.3) is 0 Å². The molecule has 0 aliphatic carbocycles. The molecule has 1 saturated heterocycles. The Morgan fingerprint density at radius 2 is 2.20 bits per heavy atom. The highest BCUT2D eigenvalue weighted by Crippen LogP contribution is 2.28. The molecule has 1 heterocycles. The second kappa shape index (κ2) is 5.59. The van der Waals surface area contributed by atoms with Crippen LogP contribution in [0.15, 0.2) is 23.1 Å². The van der Waals surface area contributed by atoms with Crippen molar-refractivity contribution < 1.29 is 13.2 Å². The van der Waals surface area contributed by atoms with Crippen molar-refractivity contribution in [2.45, 2.75) is 24.3 Å². The number of carbonyl (C=O) groups is 1. The lowest BCUT2D eigenvalue weighted by Crippen LogP contribution is -2.37. The van der Waals surface area contributed by atoms with Gasteiger partial charge in [0.2, 0.25) is 15.9 Å². The molecule has 1 aliphatic heterocycles. The van der Waals surface area contributed by atoms with Gasteiger partial charge in [-0.3, -0.25) is 4.79 Å². The summed E-state index contributed by atoms with van der Waals surface area (Å²) in [7, 11) is -3.69. The number of hydrogen-bond acceptors (Lipinski definition) is 4. The number of nitrogens with one attached hydrogen (secondary N) is 1. The summed E-state index contributed by atoms with van der Waals surface area (Å²) in [6.07, 6.45) is 0.582. The van der Waals surface area contributed by atoms with E-state index in [1.165, 1.54) is 23.4 Å². The third kappa shape index (κ3) is 3.05. The number of hydrogen-bond donors (Lipinski definition) is 2. The van der Waals surface area contributed by atoms with Crippen LogP contribution < -0.4 is 11.1 Å². The molecular weight excluding hydrogens is 302 g/mol. The zero-order valence-electron chi connectivity index (χ0n) is 11.0. The predicted octanol–water partition coefficient (Wildman–Crippen LogP) is 0.821. The average molecular weight is 318 g/mol. The maximum Gasteiger partial charge on any atom is 0.244 e. The van der Waals surface area contributed by atoms with Crippen molar-refractivity contribution in [1.82, 2.24) is 9.62 Å². The van der Waals surface area contributed by atoms with Gasteiger partial charge >= 0.3 is 0 Å². The number of nitrogens with zero attached hydrogens (tertiary/aromatic N) is 1.